The van der Waals surface area contributed by atoms with Gasteiger partial charge < -0.3 is 14.8 Å². The summed E-state index contributed by atoms with van der Waals surface area (Å²) in [6.45, 7) is 6.95. The molecule has 4 heterocycles. The fourth-order valence-corrected chi connectivity index (χ4v) is 4.89. The normalized spacial score (nSPS) is 23.2. The van der Waals surface area contributed by atoms with Crippen LogP contribution in [-0.4, -0.2) is 60.2 Å². The molecule has 0 aromatic carbocycles. The van der Waals surface area contributed by atoms with Crippen molar-refractivity contribution in [3.63, 3.8) is 0 Å². The first-order chi connectivity index (χ1) is 12.4. The SMILES string of the molecule is c1c(N2CCN(C3CCCC3)CC2)ncc2[nH]c(N3CCCC3)cc12. The van der Waals surface area contributed by atoms with Crippen LogP contribution in [0.1, 0.15) is 38.5 Å². The van der Waals surface area contributed by atoms with Crippen molar-refractivity contribution in [1.82, 2.24) is 14.9 Å². The summed E-state index contributed by atoms with van der Waals surface area (Å²) in [7, 11) is 0. The van der Waals surface area contributed by atoms with Gasteiger partial charge in [0.2, 0.25) is 0 Å². The largest absolute Gasteiger partial charge is 0.358 e. The average Bonchev–Trinajstić information content (AvgIpc) is 3.42. The van der Waals surface area contributed by atoms with Gasteiger partial charge in [0.25, 0.3) is 0 Å². The average molecular weight is 339 g/mol. The Morgan fingerprint density at radius 1 is 0.840 bits per heavy atom. The Balaban J connectivity index is 1.29. The number of pyridine rings is 1. The van der Waals surface area contributed by atoms with Gasteiger partial charge in [-0.3, -0.25) is 4.90 Å². The molecule has 0 spiro atoms. The summed E-state index contributed by atoms with van der Waals surface area (Å²) in [6, 6.07) is 5.43. The second-order valence-corrected chi connectivity index (χ2v) is 7.94. The number of hydrogen-bond acceptors (Lipinski definition) is 4. The van der Waals surface area contributed by atoms with E-state index < -0.39 is 0 Å². The summed E-state index contributed by atoms with van der Waals surface area (Å²) >= 11 is 0. The van der Waals surface area contributed by atoms with E-state index in [1.165, 1.54) is 75.9 Å². The van der Waals surface area contributed by atoms with Crippen LogP contribution >= 0.6 is 0 Å². The molecule has 0 radical (unpaired) electrons. The summed E-state index contributed by atoms with van der Waals surface area (Å²) in [5.74, 6) is 2.41. The molecule has 0 atom stereocenters. The predicted octanol–water partition coefficient (Wildman–Crippen LogP) is 3.23. The number of nitrogens with one attached hydrogen (secondary N) is 1. The Labute approximate surface area is 150 Å². The maximum absolute atomic E-state index is 4.75. The molecule has 3 aliphatic rings. The number of piperazine rings is 1. The molecule has 5 nitrogen and oxygen atoms in total. The summed E-state index contributed by atoms with van der Waals surface area (Å²) in [4.78, 5) is 15.9. The summed E-state index contributed by atoms with van der Waals surface area (Å²) < 4.78 is 0. The maximum atomic E-state index is 4.75. The molecule has 1 saturated carbocycles. The minimum absolute atomic E-state index is 0.852. The van der Waals surface area contributed by atoms with E-state index in [9.17, 15) is 0 Å². The number of aromatic amines is 1. The molecule has 25 heavy (non-hydrogen) atoms. The minimum Gasteiger partial charge on any atom is -0.358 e. The number of fused-ring (bicyclic) bond motifs is 1. The first-order valence-corrected chi connectivity index (χ1v) is 10.1. The fourth-order valence-electron chi connectivity index (χ4n) is 4.89. The molecular weight excluding hydrogens is 310 g/mol. The lowest BCUT2D eigenvalue weighted by molar-refractivity contribution is 0.187. The van der Waals surface area contributed by atoms with Crippen molar-refractivity contribution in [2.45, 2.75) is 44.6 Å². The molecule has 0 unspecified atom stereocenters. The molecule has 1 N–H and O–H groups in total. The molecule has 2 aliphatic heterocycles. The maximum Gasteiger partial charge on any atom is 0.129 e. The number of rotatable bonds is 3. The van der Waals surface area contributed by atoms with Crippen molar-refractivity contribution < 1.29 is 0 Å². The van der Waals surface area contributed by atoms with Gasteiger partial charge in [0.15, 0.2) is 0 Å². The first-order valence-electron chi connectivity index (χ1n) is 10.1. The van der Waals surface area contributed by atoms with Gasteiger partial charge in [-0.05, 0) is 37.8 Å². The van der Waals surface area contributed by atoms with Crippen LogP contribution in [0, 0.1) is 0 Å². The number of anilines is 2. The van der Waals surface area contributed by atoms with Gasteiger partial charge in [-0.1, -0.05) is 12.8 Å². The van der Waals surface area contributed by atoms with Crippen LogP contribution in [0.5, 0.6) is 0 Å². The van der Waals surface area contributed by atoms with Crippen LogP contribution in [0.25, 0.3) is 10.9 Å². The van der Waals surface area contributed by atoms with Gasteiger partial charge in [0.05, 0.1) is 11.7 Å². The molecule has 5 rings (SSSR count). The van der Waals surface area contributed by atoms with Crippen LogP contribution in [0.3, 0.4) is 0 Å². The molecular formula is C20H29N5. The minimum atomic E-state index is 0.852. The second kappa shape index (κ2) is 6.52. The lowest BCUT2D eigenvalue weighted by Gasteiger charge is -2.38. The molecule has 2 aromatic heterocycles. The summed E-state index contributed by atoms with van der Waals surface area (Å²) in [6.07, 6.45) is 10.3. The van der Waals surface area contributed by atoms with Crippen LogP contribution in [-0.2, 0) is 0 Å². The highest BCUT2D eigenvalue weighted by Crippen LogP contribution is 2.28. The quantitative estimate of drug-likeness (QED) is 0.932. The molecule has 2 saturated heterocycles. The smallest absolute Gasteiger partial charge is 0.129 e. The van der Waals surface area contributed by atoms with Gasteiger partial charge in [-0.2, -0.15) is 0 Å². The van der Waals surface area contributed by atoms with Gasteiger partial charge >= 0.3 is 0 Å². The molecule has 134 valence electrons. The topological polar surface area (TPSA) is 38.4 Å². The molecule has 3 fully saturated rings. The van der Waals surface area contributed by atoms with Gasteiger partial charge in [0.1, 0.15) is 11.6 Å². The van der Waals surface area contributed by atoms with Crippen LogP contribution in [0.15, 0.2) is 18.3 Å². The zero-order chi connectivity index (χ0) is 16.6. The van der Waals surface area contributed by atoms with Crippen LogP contribution in [0.4, 0.5) is 11.6 Å². The molecule has 0 bridgehead atoms. The monoisotopic (exact) mass is 339 g/mol. The number of hydrogen-bond donors (Lipinski definition) is 1. The van der Waals surface area contributed by atoms with Gasteiger partial charge in [-0.25, -0.2) is 4.98 Å². The Kier molecular flexibility index (Phi) is 4.04. The Bertz CT molecular complexity index is 719. The van der Waals surface area contributed by atoms with E-state index in [0.717, 1.165) is 30.5 Å². The molecule has 0 amide bonds. The number of aromatic nitrogens is 2. The predicted molar refractivity (Wildman–Crippen MR) is 104 cm³/mol. The highest BCUT2D eigenvalue weighted by molar-refractivity contribution is 5.85. The van der Waals surface area contributed by atoms with E-state index in [-0.39, 0.29) is 0 Å². The number of H-pyrrole nitrogens is 1. The zero-order valence-corrected chi connectivity index (χ0v) is 15.1. The molecule has 2 aromatic rings. The second-order valence-electron chi connectivity index (χ2n) is 7.94. The lowest BCUT2D eigenvalue weighted by atomic mass is 10.2. The van der Waals surface area contributed by atoms with E-state index in [1.807, 2.05) is 6.20 Å². The summed E-state index contributed by atoms with van der Waals surface area (Å²) in [5.41, 5.74) is 1.16. The van der Waals surface area contributed by atoms with Crippen molar-refractivity contribution in [3.05, 3.63) is 18.3 Å². The van der Waals surface area contributed by atoms with E-state index in [4.69, 9.17) is 4.98 Å². The van der Waals surface area contributed by atoms with Crippen molar-refractivity contribution >= 4 is 22.5 Å². The van der Waals surface area contributed by atoms with Crippen molar-refractivity contribution in [3.8, 4) is 0 Å². The first kappa shape index (κ1) is 15.5. The van der Waals surface area contributed by atoms with Crippen LogP contribution < -0.4 is 9.80 Å². The Hall–Kier alpha value is -1.75. The fraction of sp³-hybridized carbons (Fsp3) is 0.650. The van der Waals surface area contributed by atoms with E-state index in [0.29, 0.717) is 0 Å². The van der Waals surface area contributed by atoms with Gasteiger partial charge in [-0.15, -0.1) is 0 Å². The highest BCUT2D eigenvalue weighted by atomic mass is 15.3. The van der Waals surface area contributed by atoms with Crippen molar-refractivity contribution in [1.29, 1.82) is 0 Å². The Morgan fingerprint density at radius 3 is 2.36 bits per heavy atom. The zero-order valence-electron chi connectivity index (χ0n) is 15.1. The van der Waals surface area contributed by atoms with Gasteiger partial charge in [0, 0.05) is 50.7 Å². The lowest BCUT2D eigenvalue weighted by Crippen LogP contribution is -2.49. The molecule has 5 heteroatoms. The standard InChI is InChI=1S/C20H29N5/c1-2-6-17(5-1)23-9-11-25(12-10-23)19-13-16-14-20(22-18(16)15-21-19)24-7-3-4-8-24/h13-15,17,22H,1-12H2. The van der Waals surface area contributed by atoms with E-state index in [1.54, 1.807) is 0 Å². The third-order valence-electron chi connectivity index (χ3n) is 6.40. The third-order valence-corrected chi connectivity index (χ3v) is 6.40. The highest BCUT2D eigenvalue weighted by Gasteiger charge is 2.26. The summed E-state index contributed by atoms with van der Waals surface area (Å²) in [5, 5.41) is 1.30. The van der Waals surface area contributed by atoms with Crippen molar-refractivity contribution in [2.24, 2.45) is 0 Å². The molecule has 1 aliphatic carbocycles. The van der Waals surface area contributed by atoms with Crippen LogP contribution in [0.2, 0.25) is 0 Å². The van der Waals surface area contributed by atoms with E-state index >= 15 is 0 Å². The van der Waals surface area contributed by atoms with Crippen molar-refractivity contribution in [2.75, 3.05) is 49.1 Å². The van der Waals surface area contributed by atoms with E-state index in [2.05, 4.69) is 31.8 Å². The third kappa shape index (κ3) is 2.99. The number of nitrogens with zero attached hydrogens (tertiary/aromatic N) is 4. The Morgan fingerprint density at radius 2 is 1.60 bits per heavy atom.